The van der Waals surface area contributed by atoms with Gasteiger partial charge in [-0.25, -0.2) is 0 Å². The van der Waals surface area contributed by atoms with Gasteiger partial charge in [0.15, 0.2) is 0 Å². The molecule has 2 aromatic carbocycles. The molecular weight excluding hydrogens is 310 g/mol. The molecule has 0 saturated carbocycles. The van der Waals surface area contributed by atoms with Crippen LogP contribution in [0.4, 0.5) is 5.69 Å². The maximum Gasteiger partial charge on any atom is 0.318 e. The summed E-state index contributed by atoms with van der Waals surface area (Å²) in [7, 11) is 0. The summed E-state index contributed by atoms with van der Waals surface area (Å²) < 4.78 is 5.37. The van der Waals surface area contributed by atoms with E-state index in [1.807, 2.05) is 44.2 Å². The predicted octanol–water partition coefficient (Wildman–Crippen LogP) is 4.82. The van der Waals surface area contributed by atoms with E-state index in [-0.39, 0.29) is 5.97 Å². The van der Waals surface area contributed by atoms with Crippen molar-refractivity contribution in [1.29, 1.82) is 0 Å². The van der Waals surface area contributed by atoms with Crippen LogP contribution in [0.25, 0.3) is 0 Å². The number of hydrogen-bond donors (Lipinski definition) is 1. The first-order valence-electron chi connectivity index (χ1n) is 9.01. The number of hydrogen-bond acceptors (Lipinski definition) is 3. The van der Waals surface area contributed by atoms with Gasteiger partial charge in [0.25, 0.3) is 0 Å². The molecule has 0 bridgehead atoms. The van der Waals surface area contributed by atoms with E-state index in [2.05, 4.69) is 43.4 Å². The average molecular weight is 339 g/mol. The van der Waals surface area contributed by atoms with E-state index in [4.69, 9.17) is 4.74 Å². The minimum Gasteiger partial charge on any atom is -0.465 e. The molecule has 0 aliphatic rings. The van der Waals surface area contributed by atoms with Crippen molar-refractivity contribution >= 4 is 11.7 Å². The van der Waals surface area contributed by atoms with Crippen LogP contribution in [0.15, 0.2) is 54.6 Å². The predicted molar refractivity (Wildman–Crippen MR) is 104 cm³/mol. The highest BCUT2D eigenvalue weighted by molar-refractivity contribution is 5.83. The third-order valence-electron chi connectivity index (χ3n) is 4.38. The Morgan fingerprint density at radius 1 is 1.08 bits per heavy atom. The highest BCUT2D eigenvalue weighted by Crippen LogP contribution is 2.27. The average Bonchev–Trinajstić information content (AvgIpc) is 2.61. The second-order valence-corrected chi connectivity index (χ2v) is 7.07. The van der Waals surface area contributed by atoms with E-state index >= 15 is 0 Å². The third kappa shape index (κ3) is 5.09. The molecule has 0 amide bonds. The lowest BCUT2D eigenvalue weighted by molar-refractivity contribution is -0.149. The van der Waals surface area contributed by atoms with Crippen LogP contribution in [-0.4, -0.2) is 19.1 Å². The fourth-order valence-corrected chi connectivity index (χ4v) is 2.90. The van der Waals surface area contributed by atoms with Gasteiger partial charge in [-0.2, -0.15) is 0 Å². The van der Waals surface area contributed by atoms with E-state index < -0.39 is 5.41 Å². The van der Waals surface area contributed by atoms with Gasteiger partial charge in [0, 0.05) is 12.2 Å². The normalized spacial score (nSPS) is 13.3. The number of carbonyl (C=O) groups excluding carboxylic acids is 1. The highest BCUT2D eigenvalue weighted by atomic mass is 16.5. The molecule has 3 nitrogen and oxygen atoms in total. The summed E-state index contributed by atoms with van der Waals surface area (Å²) in [5.74, 6) is 0.414. The summed E-state index contributed by atoms with van der Waals surface area (Å²) in [4.78, 5) is 12.7. The van der Waals surface area contributed by atoms with Gasteiger partial charge in [0.1, 0.15) is 5.41 Å². The number of esters is 1. The molecule has 3 heteroatoms. The fourth-order valence-electron chi connectivity index (χ4n) is 2.90. The number of ether oxygens (including phenoxy) is 1. The van der Waals surface area contributed by atoms with Gasteiger partial charge in [-0.3, -0.25) is 4.79 Å². The number of benzene rings is 2. The van der Waals surface area contributed by atoms with Crippen molar-refractivity contribution in [3.63, 3.8) is 0 Å². The molecule has 0 fully saturated rings. The Labute approximate surface area is 151 Å². The van der Waals surface area contributed by atoms with Crippen molar-refractivity contribution in [3.8, 4) is 0 Å². The molecule has 0 spiro atoms. The van der Waals surface area contributed by atoms with Crippen LogP contribution in [0.2, 0.25) is 0 Å². The number of rotatable bonds is 8. The maximum atomic E-state index is 12.7. The van der Waals surface area contributed by atoms with Crippen LogP contribution in [0.1, 0.15) is 38.8 Å². The first kappa shape index (κ1) is 19.0. The zero-order valence-corrected chi connectivity index (χ0v) is 15.7. The van der Waals surface area contributed by atoms with Gasteiger partial charge >= 0.3 is 5.97 Å². The van der Waals surface area contributed by atoms with Crippen molar-refractivity contribution in [1.82, 2.24) is 0 Å². The third-order valence-corrected chi connectivity index (χ3v) is 4.38. The molecule has 25 heavy (non-hydrogen) atoms. The number of carbonyl (C=O) groups is 1. The highest BCUT2D eigenvalue weighted by Gasteiger charge is 2.36. The first-order valence-corrected chi connectivity index (χ1v) is 9.01. The smallest absolute Gasteiger partial charge is 0.318 e. The Bertz CT molecular complexity index is 664. The quantitative estimate of drug-likeness (QED) is 0.701. The van der Waals surface area contributed by atoms with Crippen molar-refractivity contribution < 1.29 is 9.53 Å². The lowest BCUT2D eigenvalue weighted by atomic mass is 9.81. The van der Waals surface area contributed by atoms with Crippen molar-refractivity contribution in [2.75, 3.05) is 18.5 Å². The summed E-state index contributed by atoms with van der Waals surface area (Å²) in [5, 5.41) is 3.37. The van der Waals surface area contributed by atoms with Gasteiger partial charge in [-0.05, 0) is 49.4 Å². The minimum absolute atomic E-state index is 0.199. The van der Waals surface area contributed by atoms with Gasteiger partial charge in [0.05, 0.1) is 6.61 Å². The van der Waals surface area contributed by atoms with Crippen molar-refractivity contribution in [2.45, 2.75) is 39.5 Å². The molecular formula is C22H29NO2. The molecule has 2 rings (SSSR count). The number of para-hydroxylation sites is 1. The number of anilines is 1. The molecule has 134 valence electrons. The molecule has 0 aliphatic carbocycles. The monoisotopic (exact) mass is 339 g/mol. The maximum absolute atomic E-state index is 12.7. The second kappa shape index (κ2) is 8.70. The Kier molecular flexibility index (Phi) is 6.63. The lowest BCUT2D eigenvalue weighted by Crippen LogP contribution is -2.41. The Morgan fingerprint density at radius 2 is 1.72 bits per heavy atom. The van der Waals surface area contributed by atoms with Crippen LogP contribution in [-0.2, 0) is 21.4 Å². The van der Waals surface area contributed by atoms with Gasteiger partial charge < -0.3 is 10.1 Å². The summed E-state index contributed by atoms with van der Waals surface area (Å²) >= 11 is 0. The van der Waals surface area contributed by atoms with Gasteiger partial charge in [0.2, 0.25) is 0 Å². The summed E-state index contributed by atoms with van der Waals surface area (Å²) in [6.07, 6.45) is 1.04. The summed E-state index contributed by atoms with van der Waals surface area (Å²) in [6.45, 7) is 9.07. The molecule has 1 unspecified atom stereocenters. The van der Waals surface area contributed by atoms with Crippen LogP contribution in [0, 0.1) is 5.92 Å². The van der Waals surface area contributed by atoms with Gasteiger partial charge in [-0.1, -0.05) is 56.3 Å². The first-order chi connectivity index (χ1) is 12.0. The summed E-state index contributed by atoms with van der Waals surface area (Å²) in [6, 6.07) is 18.3. The van der Waals surface area contributed by atoms with Crippen LogP contribution < -0.4 is 5.32 Å². The van der Waals surface area contributed by atoms with E-state index in [1.165, 1.54) is 5.56 Å². The van der Waals surface area contributed by atoms with Crippen molar-refractivity contribution in [3.05, 3.63) is 65.7 Å². The zero-order valence-electron chi connectivity index (χ0n) is 15.7. The van der Waals surface area contributed by atoms with Crippen LogP contribution in [0.5, 0.6) is 0 Å². The molecule has 0 radical (unpaired) electrons. The second-order valence-electron chi connectivity index (χ2n) is 7.07. The SMILES string of the molecule is CCOC(=O)C(C)(CNc1ccccc1)c1ccc(CC(C)C)cc1. The van der Waals surface area contributed by atoms with E-state index in [0.29, 0.717) is 19.1 Å². The molecule has 0 saturated heterocycles. The molecule has 1 atom stereocenters. The van der Waals surface area contributed by atoms with Crippen molar-refractivity contribution in [2.24, 2.45) is 5.92 Å². The molecule has 2 aromatic rings. The van der Waals surface area contributed by atoms with Crippen LogP contribution in [0.3, 0.4) is 0 Å². The molecule has 0 heterocycles. The Balaban J connectivity index is 2.23. The van der Waals surface area contributed by atoms with E-state index in [9.17, 15) is 4.79 Å². The summed E-state index contributed by atoms with van der Waals surface area (Å²) in [5.41, 5.74) is 2.53. The molecule has 0 aliphatic heterocycles. The lowest BCUT2D eigenvalue weighted by Gasteiger charge is -2.29. The Morgan fingerprint density at radius 3 is 2.28 bits per heavy atom. The number of nitrogens with one attached hydrogen (secondary N) is 1. The topological polar surface area (TPSA) is 38.3 Å². The zero-order chi connectivity index (χ0) is 18.3. The minimum atomic E-state index is -0.734. The van der Waals surface area contributed by atoms with Crippen LogP contribution >= 0.6 is 0 Å². The standard InChI is InChI=1S/C22H29NO2/c1-5-25-21(24)22(4,16-23-20-9-7-6-8-10-20)19-13-11-18(12-14-19)15-17(2)3/h6-14,17,23H,5,15-16H2,1-4H3. The van der Waals surface area contributed by atoms with E-state index in [0.717, 1.165) is 17.7 Å². The van der Waals surface area contributed by atoms with Gasteiger partial charge in [-0.15, -0.1) is 0 Å². The largest absolute Gasteiger partial charge is 0.465 e. The fraction of sp³-hybridized carbons (Fsp3) is 0.409. The Hall–Kier alpha value is -2.29. The molecule has 1 N–H and O–H groups in total. The molecule has 0 aromatic heterocycles. The van der Waals surface area contributed by atoms with E-state index in [1.54, 1.807) is 0 Å².